The quantitative estimate of drug-likeness (QED) is 0.937. The van der Waals surface area contributed by atoms with Crippen LogP contribution in [0.25, 0.3) is 0 Å². The van der Waals surface area contributed by atoms with Crippen molar-refractivity contribution in [1.29, 1.82) is 0 Å². The van der Waals surface area contributed by atoms with Crippen LogP contribution in [0.4, 0.5) is 5.69 Å². The van der Waals surface area contributed by atoms with E-state index in [0.717, 1.165) is 21.8 Å². The van der Waals surface area contributed by atoms with Gasteiger partial charge in [0.25, 0.3) is 0 Å². The number of nitrogens with one attached hydrogen (secondary N) is 1. The average molecular weight is 310 g/mol. The van der Waals surface area contributed by atoms with Crippen LogP contribution in [0.1, 0.15) is 11.1 Å². The summed E-state index contributed by atoms with van der Waals surface area (Å²) >= 11 is 6.16. The Morgan fingerprint density at radius 2 is 1.75 bits per heavy atom. The molecule has 0 saturated heterocycles. The molecule has 0 atom stereocenters. The summed E-state index contributed by atoms with van der Waals surface area (Å²) in [5, 5.41) is 3.95. The molecule has 0 heterocycles. The van der Waals surface area contributed by atoms with E-state index in [-0.39, 0.29) is 0 Å². The molecule has 2 aromatic rings. The third-order valence-electron chi connectivity index (χ3n) is 2.97. The van der Waals surface area contributed by atoms with Crippen LogP contribution in [0, 0.1) is 6.92 Å². The number of hydrogen-bond acceptors (Lipinski definition) is 3. The minimum atomic E-state index is -3.15. The summed E-state index contributed by atoms with van der Waals surface area (Å²) in [5.41, 5.74) is 2.98. The van der Waals surface area contributed by atoms with Gasteiger partial charge in [0.1, 0.15) is 0 Å². The lowest BCUT2D eigenvalue weighted by Gasteiger charge is -2.09. The Labute approximate surface area is 124 Å². The second-order valence-electron chi connectivity index (χ2n) is 4.74. The highest BCUT2D eigenvalue weighted by atomic mass is 35.5. The first-order valence-electron chi connectivity index (χ1n) is 6.15. The Bertz CT molecular complexity index is 709. The first kappa shape index (κ1) is 14.9. The number of sulfone groups is 1. The summed E-state index contributed by atoms with van der Waals surface area (Å²) < 4.78 is 22.7. The number of benzene rings is 2. The zero-order chi connectivity index (χ0) is 14.8. The molecule has 0 unspecified atom stereocenters. The first-order valence-corrected chi connectivity index (χ1v) is 8.42. The average Bonchev–Trinajstić information content (AvgIpc) is 2.37. The van der Waals surface area contributed by atoms with Gasteiger partial charge in [0.15, 0.2) is 9.84 Å². The molecule has 1 N–H and O–H groups in total. The van der Waals surface area contributed by atoms with Gasteiger partial charge in [0, 0.05) is 23.5 Å². The summed E-state index contributed by atoms with van der Waals surface area (Å²) in [5.74, 6) is 0. The molecule has 0 radical (unpaired) electrons. The molecule has 2 aromatic carbocycles. The lowest BCUT2D eigenvalue weighted by molar-refractivity contribution is 0.602. The van der Waals surface area contributed by atoms with Crippen LogP contribution in [-0.2, 0) is 16.4 Å². The van der Waals surface area contributed by atoms with Crippen molar-refractivity contribution in [2.24, 2.45) is 0 Å². The number of aryl methyl sites for hydroxylation is 1. The Hall–Kier alpha value is -1.52. The third kappa shape index (κ3) is 3.74. The molecular weight excluding hydrogens is 294 g/mol. The van der Waals surface area contributed by atoms with E-state index < -0.39 is 9.84 Å². The zero-order valence-corrected chi connectivity index (χ0v) is 12.9. The van der Waals surface area contributed by atoms with Crippen LogP contribution in [0.5, 0.6) is 0 Å². The van der Waals surface area contributed by atoms with Crippen molar-refractivity contribution in [1.82, 2.24) is 0 Å². The maximum atomic E-state index is 11.4. The summed E-state index contributed by atoms with van der Waals surface area (Å²) in [6, 6.07) is 12.6. The highest BCUT2D eigenvalue weighted by Crippen LogP contribution is 2.20. The molecule has 0 fully saturated rings. The molecule has 0 aliphatic carbocycles. The largest absolute Gasteiger partial charge is 0.381 e. The van der Waals surface area contributed by atoms with E-state index in [1.165, 1.54) is 6.26 Å². The Morgan fingerprint density at radius 1 is 1.10 bits per heavy atom. The van der Waals surface area contributed by atoms with Crippen LogP contribution >= 0.6 is 11.6 Å². The smallest absolute Gasteiger partial charge is 0.175 e. The Kier molecular flexibility index (Phi) is 4.35. The normalized spacial score (nSPS) is 11.3. The van der Waals surface area contributed by atoms with Gasteiger partial charge < -0.3 is 5.32 Å². The summed E-state index contributed by atoms with van der Waals surface area (Å²) in [6.45, 7) is 2.59. The van der Waals surface area contributed by atoms with E-state index >= 15 is 0 Å². The lowest BCUT2D eigenvalue weighted by Crippen LogP contribution is -2.01. The van der Waals surface area contributed by atoms with E-state index in [0.29, 0.717) is 11.4 Å². The maximum absolute atomic E-state index is 11.4. The van der Waals surface area contributed by atoms with Gasteiger partial charge >= 0.3 is 0 Å². The van der Waals surface area contributed by atoms with E-state index in [9.17, 15) is 8.42 Å². The molecule has 5 heteroatoms. The van der Waals surface area contributed by atoms with Crippen LogP contribution < -0.4 is 5.32 Å². The molecule has 0 aliphatic rings. The third-order valence-corrected chi connectivity index (χ3v) is 4.45. The van der Waals surface area contributed by atoms with Gasteiger partial charge in [0.05, 0.1) is 4.90 Å². The maximum Gasteiger partial charge on any atom is 0.175 e. The first-order chi connectivity index (χ1) is 9.36. The summed E-state index contributed by atoms with van der Waals surface area (Å²) in [6.07, 6.45) is 1.20. The number of halogens is 1. The van der Waals surface area contributed by atoms with Gasteiger partial charge in [-0.15, -0.1) is 0 Å². The van der Waals surface area contributed by atoms with Crippen LogP contribution in [0.15, 0.2) is 47.4 Å². The predicted molar refractivity (Wildman–Crippen MR) is 83.1 cm³/mol. The molecule has 0 spiro atoms. The predicted octanol–water partition coefficient (Wildman–Crippen LogP) is 3.66. The molecule has 0 aliphatic heterocycles. The number of rotatable bonds is 4. The molecule has 2 rings (SSSR count). The number of anilines is 1. The van der Waals surface area contributed by atoms with Gasteiger partial charge in [-0.1, -0.05) is 23.7 Å². The van der Waals surface area contributed by atoms with Crippen molar-refractivity contribution in [2.75, 3.05) is 11.6 Å². The van der Waals surface area contributed by atoms with Gasteiger partial charge in [-0.2, -0.15) is 0 Å². The van der Waals surface area contributed by atoms with Crippen molar-refractivity contribution in [3.8, 4) is 0 Å². The second-order valence-corrected chi connectivity index (χ2v) is 7.17. The molecule has 20 heavy (non-hydrogen) atoms. The van der Waals surface area contributed by atoms with Gasteiger partial charge in [-0.05, 0) is 48.4 Å². The lowest BCUT2D eigenvalue weighted by atomic mass is 10.1. The van der Waals surface area contributed by atoms with Crippen LogP contribution in [0.2, 0.25) is 5.02 Å². The second kappa shape index (κ2) is 5.85. The van der Waals surface area contributed by atoms with E-state index in [1.54, 1.807) is 24.3 Å². The topological polar surface area (TPSA) is 46.2 Å². The van der Waals surface area contributed by atoms with E-state index in [2.05, 4.69) is 5.32 Å². The van der Waals surface area contributed by atoms with Crippen molar-refractivity contribution in [3.05, 3.63) is 58.6 Å². The standard InChI is InChI=1S/C15H16ClNO2S/c1-11-3-4-12(15(16)9-11)10-17-13-5-7-14(8-6-13)20(2,18)19/h3-9,17H,10H2,1-2H3. The van der Waals surface area contributed by atoms with Gasteiger partial charge in [-0.3, -0.25) is 0 Å². The minimum Gasteiger partial charge on any atom is -0.381 e. The van der Waals surface area contributed by atoms with E-state index in [4.69, 9.17) is 11.6 Å². The molecule has 106 valence electrons. The zero-order valence-electron chi connectivity index (χ0n) is 11.4. The van der Waals surface area contributed by atoms with Gasteiger partial charge in [0.2, 0.25) is 0 Å². The molecule has 0 saturated carbocycles. The van der Waals surface area contributed by atoms with Crippen LogP contribution in [0.3, 0.4) is 0 Å². The fraction of sp³-hybridized carbons (Fsp3) is 0.200. The fourth-order valence-electron chi connectivity index (χ4n) is 1.81. The molecule has 0 amide bonds. The van der Waals surface area contributed by atoms with Gasteiger partial charge in [-0.25, -0.2) is 8.42 Å². The fourth-order valence-corrected chi connectivity index (χ4v) is 2.75. The van der Waals surface area contributed by atoms with Crippen molar-refractivity contribution < 1.29 is 8.42 Å². The molecular formula is C15H16ClNO2S. The highest BCUT2D eigenvalue weighted by Gasteiger charge is 2.06. The molecule has 0 bridgehead atoms. The minimum absolute atomic E-state index is 0.316. The Morgan fingerprint density at radius 3 is 2.30 bits per heavy atom. The summed E-state index contributed by atoms with van der Waals surface area (Å²) in [7, 11) is -3.15. The monoisotopic (exact) mass is 309 g/mol. The molecule has 0 aromatic heterocycles. The SMILES string of the molecule is Cc1ccc(CNc2ccc(S(C)(=O)=O)cc2)c(Cl)c1. The van der Waals surface area contributed by atoms with Crippen molar-refractivity contribution >= 4 is 27.1 Å². The van der Waals surface area contributed by atoms with Crippen LogP contribution in [-0.4, -0.2) is 14.7 Å². The number of hydrogen-bond donors (Lipinski definition) is 1. The van der Waals surface area contributed by atoms with Crippen molar-refractivity contribution in [3.63, 3.8) is 0 Å². The highest BCUT2D eigenvalue weighted by molar-refractivity contribution is 7.90. The summed E-state index contributed by atoms with van der Waals surface area (Å²) in [4.78, 5) is 0.316. The van der Waals surface area contributed by atoms with Crippen molar-refractivity contribution in [2.45, 2.75) is 18.4 Å². The Balaban J connectivity index is 2.08. The van der Waals surface area contributed by atoms with E-state index in [1.807, 2.05) is 25.1 Å². The molecule has 3 nitrogen and oxygen atoms in total.